The van der Waals surface area contributed by atoms with Crippen LogP contribution in [0.25, 0.3) is 0 Å². The van der Waals surface area contributed by atoms with Gasteiger partial charge in [0, 0.05) is 5.69 Å². The van der Waals surface area contributed by atoms with Gasteiger partial charge in [0.05, 0.1) is 19.3 Å². The molecule has 0 aromatic carbocycles. The fourth-order valence-corrected chi connectivity index (χ4v) is 1.02. The number of hydrogen-bond acceptors (Lipinski definition) is 6. The summed E-state index contributed by atoms with van der Waals surface area (Å²) in [5.41, 5.74) is 0.901. The molecule has 0 bridgehead atoms. The number of anilines is 1. The first-order valence-electron chi connectivity index (χ1n) is 4.43. The lowest BCUT2D eigenvalue weighted by atomic mass is 10.3. The summed E-state index contributed by atoms with van der Waals surface area (Å²) in [5, 5.41) is 29.1. The van der Waals surface area contributed by atoms with Crippen molar-refractivity contribution in [1.29, 1.82) is 5.26 Å². The number of nitrogens with zero attached hydrogens (tertiary/aromatic N) is 3. The van der Waals surface area contributed by atoms with Crippen molar-refractivity contribution in [3.05, 3.63) is 17.5 Å². The minimum atomic E-state index is -0.515. The lowest BCUT2D eigenvalue weighted by Crippen LogP contribution is -2.28. The van der Waals surface area contributed by atoms with Gasteiger partial charge in [-0.15, -0.1) is 0 Å². The maximum Gasteiger partial charge on any atom is 0.224 e. The van der Waals surface area contributed by atoms with Gasteiger partial charge in [0.2, 0.25) is 5.95 Å². The van der Waals surface area contributed by atoms with Crippen molar-refractivity contribution in [2.75, 3.05) is 18.5 Å². The molecule has 3 N–H and O–H groups in total. The monoisotopic (exact) mass is 208 g/mol. The van der Waals surface area contributed by atoms with Crippen LogP contribution >= 0.6 is 0 Å². The van der Waals surface area contributed by atoms with Crippen molar-refractivity contribution in [3.63, 3.8) is 0 Å². The molecule has 0 amide bonds. The first kappa shape index (κ1) is 11.4. The van der Waals surface area contributed by atoms with Gasteiger partial charge in [-0.05, 0) is 13.0 Å². The molecular weight excluding hydrogens is 196 g/mol. The molecule has 15 heavy (non-hydrogen) atoms. The Hall–Kier alpha value is -1.71. The average Bonchev–Trinajstić information content (AvgIpc) is 2.25. The fraction of sp³-hybridized carbons (Fsp3) is 0.444. The summed E-state index contributed by atoms with van der Waals surface area (Å²) < 4.78 is 0. The Morgan fingerprint density at radius 1 is 1.47 bits per heavy atom. The highest BCUT2D eigenvalue weighted by Gasteiger charge is 2.08. The van der Waals surface area contributed by atoms with Gasteiger partial charge in [0.25, 0.3) is 0 Å². The molecule has 0 radical (unpaired) electrons. The van der Waals surface area contributed by atoms with Gasteiger partial charge >= 0.3 is 0 Å². The molecule has 0 aliphatic heterocycles. The highest BCUT2D eigenvalue weighted by Crippen LogP contribution is 2.05. The molecule has 80 valence electrons. The summed E-state index contributed by atoms with van der Waals surface area (Å²) in [5.74, 6) is 0.236. The topological polar surface area (TPSA) is 102 Å². The second-order valence-electron chi connectivity index (χ2n) is 3.04. The zero-order chi connectivity index (χ0) is 11.3. The van der Waals surface area contributed by atoms with Crippen LogP contribution in [0.1, 0.15) is 11.4 Å². The molecule has 0 unspecified atom stereocenters. The summed E-state index contributed by atoms with van der Waals surface area (Å²) in [6.07, 6.45) is 0. The van der Waals surface area contributed by atoms with Crippen LogP contribution in [-0.2, 0) is 0 Å². The van der Waals surface area contributed by atoms with Crippen LogP contribution in [0.2, 0.25) is 0 Å². The number of aryl methyl sites for hydroxylation is 1. The van der Waals surface area contributed by atoms with E-state index in [0.717, 1.165) is 0 Å². The molecule has 0 fully saturated rings. The van der Waals surface area contributed by atoms with Crippen LogP contribution in [0.15, 0.2) is 6.07 Å². The molecule has 0 atom stereocenters. The number of aliphatic hydroxyl groups is 2. The lowest BCUT2D eigenvalue weighted by molar-refractivity contribution is 0.203. The van der Waals surface area contributed by atoms with Gasteiger partial charge in [0.15, 0.2) is 0 Å². The highest BCUT2D eigenvalue weighted by atomic mass is 16.3. The third kappa shape index (κ3) is 3.16. The smallest absolute Gasteiger partial charge is 0.224 e. The Morgan fingerprint density at radius 2 is 2.13 bits per heavy atom. The Morgan fingerprint density at radius 3 is 2.67 bits per heavy atom. The molecule has 6 nitrogen and oxygen atoms in total. The summed E-state index contributed by atoms with van der Waals surface area (Å²) in [6.45, 7) is 1.28. The highest BCUT2D eigenvalue weighted by molar-refractivity contribution is 5.33. The maximum absolute atomic E-state index is 8.84. The van der Waals surface area contributed by atoms with E-state index in [-0.39, 0.29) is 24.9 Å². The number of aromatic nitrogens is 2. The Labute approximate surface area is 87.2 Å². The third-order valence-corrected chi connectivity index (χ3v) is 1.74. The molecule has 1 aromatic rings. The molecule has 0 aliphatic carbocycles. The van der Waals surface area contributed by atoms with E-state index >= 15 is 0 Å². The number of rotatable bonds is 4. The van der Waals surface area contributed by atoms with Gasteiger partial charge in [-0.25, -0.2) is 9.97 Å². The summed E-state index contributed by atoms with van der Waals surface area (Å²) in [7, 11) is 0. The van der Waals surface area contributed by atoms with Crippen molar-refractivity contribution in [3.8, 4) is 6.07 Å². The number of nitrogens with one attached hydrogen (secondary N) is 1. The van der Waals surface area contributed by atoms with E-state index in [4.69, 9.17) is 15.5 Å². The first-order valence-corrected chi connectivity index (χ1v) is 4.43. The normalized spacial score (nSPS) is 10.1. The zero-order valence-corrected chi connectivity index (χ0v) is 8.30. The van der Waals surface area contributed by atoms with Gasteiger partial charge in [-0.2, -0.15) is 5.26 Å². The number of hydrogen-bond donors (Lipinski definition) is 3. The third-order valence-electron chi connectivity index (χ3n) is 1.74. The molecule has 0 aliphatic rings. The summed E-state index contributed by atoms with van der Waals surface area (Å²) >= 11 is 0. The van der Waals surface area contributed by atoms with Crippen molar-refractivity contribution in [2.45, 2.75) is 13.0 Å². The zero-order valence-electron chi connectivity index (χ0n) is 8.30. The maximum atomic E-state index is 8.84. The molecule has 1 heterocycles. The molecule has 0 saturated carbocycles. The van der Waals surface area contributed by atoms with Gasteiger partial charge in [0.1, 0.15) is 11.8 Å². The minimum absolute atomic E-state index is 0.226. The molecule has 0 spiro atoms. The van der Waals surface area contributed by atoms with Gasteiger partial charge < -0.3 is 15.5 Å². The van der Waals surface area contributed by atoms with E-state index in [0.29, 0.717) is 5.69 Å². The van der Waals surface area contributed by atoms with E-state index in [1.54, 1.807) is 13.0 Å². The summed E-state index contributed by atoms with van der Waals surface area (Å²) in [6, 6.07) is 2.94. The van der Waals surface area contributed by atoms with Crippen molar-refractivity contribution in [1.82, 2.24) is 9.97 Å². The predicted octanol–water partition coefficient (Wildman–Crippen LogP) is -0.578. The van der Waals surface area contributed by atoms with E-state index in [1.165, 1.54) is 0 Å². The number of nitriles is 1. The molecular formula is C9H12N4O2. The predicted molar refractivity (Wildman–Crippen MR) is 53.1 cm³/mol. The van der Waals surface area contributed by atoms with Crippen molar-refractivity contribution >= 4 is 5.95 Å². The van der Waals surface area contributed by atoms with Crippen LogP contribution in [-0.4, -0.2) is 39.4 Å². The van der Waals surface area contributed by atoms with Crippen LogP contribution < -0.4 is 5.32 Å². The lowest BCUT2D eigenvalue weighted by Gasteiger charge is -2.13. The van der Waals surface area contributed by atoms with Crippen LogP contribution in [0.4, 0.5) is 5.95 Å². The van der Waals surface area contributed by atoms with Crippen LogP contribution in [0.5, 0.6) is 0 Å². The quantitative estimate of drug-likeness (QED) is 0.612. The van der Waals surface area contributed by atoms with E-state index in [2.05, 4.69) is 15.3 Å². The Kier molecular flexibility index (Phi) is 3.97. The molecule has 1 aromatic heterocycles. The summed E-state index contributed by atoms with van der Waals surface area (Å²) in [4.78, 5) is 7.90. The van der Waals surface area contributed by atoms with Crippen molar-refractivity contribution in [2.24, 2.45) is 0 Å². The van der Waals surface area contributed by atoms with E-state index in [9.17, 15) is 0 Å². The largest absolute Gasteiger partial charge is 0.394 e. The van der Waals surface area contributed by atoms with Crippen molar-refractivity contribution < 1.29 is 10.2 Å². The second-order valence-corrected chi connectivity index (χ2v) is 3.04. The fourth-order valence-electron chi connectivity index (χ4n) is 1.02. The number of aliphatic hydroxyl groups excluding tert-OH is 2. The SMILES string of the molecule is Cc1cc(C#N)nc(NC(CO)CO)n1. The minimum Gasteiger partial charge on any atom is -0.394 e. The Balaban J connectivity index is 2.85. The molecule has 1 rings (SSSR count). The van der Waals surface area contributed by atoms with Gasteiger partial charge in [-0.3, -0.25) is 0 Å². The second kappa shape index (κ2) is 5.24. The Bertz CT molecular complexity index is 371. The average molecular weight is 208 g/mol. The van der Waals surface area contributed by atoms with E-state index < -0.39 is 6.04 Å². The van der Waals surface area contributed by atoms with Crippen LogP contribution in [0.3, 0.4) is 0 Å². The van der Waals surface area contributed by atoms with E-state index in [1.807, 2.05) is 6.07 Å². The first-order chi connectivity index (χ1) is 7.19. The standard InChI is InChI=1S/C9H12N4O2/c1-6-2-7(3-10)12-9(11-6)13-8(4-14)5-15/h2,8,14-15H,4-5H2,1H3,(H,11,12,13). The molecule has 6 heteroatoms. The molecule has 0 saturated heterocycles. The van der Waals surface area contributed by atoms with Gasteiger partial charge in [-0.1, -0.05) is 0 Å². The van der Waals surface area contributed by atoms with Crippen LogP contribution in [0, 0.1) is 18.3 Å².